The summed E-state index contributed by atoms with van der Waals surface area (Å²) in [6.45, 7) is 5.77. The van der Waals surface area contributed by atoms with E-state index in [9.17, 15) is 4.79 Å². The van der Waals surface area contributed by atoms with E-state index in [1.807, 2.05) is 20.8 Å². The molecule has 0 bridgehead atoms. The quantitative estimate of drug-likeness (QED) is 0.405. The second-order valence-electron chi connectivity index (χ2n) is 5.36. The zero-order chi connectivity index (χ0) is 15.9. The van der Waals surface area contributed by atoms with Gasteiger partial charge >= 0.3 is 6.09 Å². The molecule has 1 rings (SSSR count). The lowest BCUT2D eigenvalue weighted by atomic mass is 10.2. The number of carbonyl (C=O) groups excluding carboxylic acids is 1. The van der Waals surface area contributed by atoms with Crippen LogP contribution in [-0.2, 0) is 4.74 Å². The zero-order valence-electron chi connectivity index (χ0n) is 12.5. The monoisotopic (exact) mass is 350 g/mol. The van der Waals surface area contributed by atoms with E-state index in [1.54, 1.807) is 23.5 Å². The smallest absolute Gasteiger partial charge is 0.407 e. The summed E-state index contributed by atoms with van der Waals surface area (Å²) >= 11 is 8.36. The molecule has 1 amide bonds. The lowest BCUT2D eigenvalue weighted by molar-refractivity contribution is 0.0536. The number of amides is 1. The SMILES string of the molecule is CC(C)(C)OC(=O)NCC(=NNC(N)=S)C1SCCCS1. The third kappa shape index (κ3) is 8.37. The fourth-order valence-corrected chi connectivity index (χ4v) is 4.36. The molecule has 0 aromatic carbocycles. The highest BCUT2D eigenvalue weighted by Gasteiger charge is 2.22. The Morgan fingerprint density at radius 1 is 1.43 bits per heavy atom. The Labute approximate surface area is 139 Å². The number of alkyl carbamates (subject to hydrolysis) is 1. The summed E-state index contributed by atoms with van der Waals surface area (Å²) in [6.07, 6.45) is 0.720. The first-order chi connectivity index (χ1) is 9.78. The van der Waals surface area contributed by atoms with E-state index in [-0.39, 0.29) is 9.69 Å². The van der Waals surface area contributed by atoms with Gasteiger partial charge in [-0.05, 0) is 50.9 Å². The molecule has 0 unspecified atom stereocenters. The van der Waals surface area contributed by atoms with Crippen LogP contribution in [-0.4, -0.2) is 45.2 Å². The van der Waals surface area contributed by atoms with Crippen molar-refractivity contribution >= 4 is 52.7 Å². The molecular formula is C12H22N4O2S3. The Morgan fingerprint density at radius 2 is 2.05 bits per heavy atom. The van der Waals surface area contributed by atoms with Gasteiger partial charge in [-0.2, -0.15) is 5.10 Å². The summed E-state index contributed by atoms with van der Waals surface area (Å²) in [7, 11) is 0. The second-order valence-corrected chi connectivity index (χ2v) is 8.53. The van der Waals surface area contributed by atoms with Crippen LogP contribution in [0.5, 0.6) is 0 Å². The molecule has 0 aromatic rings. The largest absolute Gasteiger partial charge is 0.444 e. The number of ether oxygens (including phenoxy) is 1. The minimum atomic E-state index is -0.521. The number of nitrogens with two attached hydrogens (primary N) is 1. The number of thiocarbonyl (C=S) groups is 1. The first-order valence-corrected chi connectivity index (χ1v) is 9.10. The average Bonchev–Trinajstić information content (AvgIpc) is 2.37. The maximum atomic E-state index is 11.7. The molecule has 1 saturated heterocycles. The summed E-state index contributed by atoms with van der Waals surface area (Å²) in [5, 5.41) is 7.03. The predicted molar refractivity (Wildman–Crippen MR) is 94.9 cm³/mol. The van der Waals surface area contributed by atoms with Gasteiger partial charge < -0.3 is 15.8 Å². The van der Waals surface area contributed by atoms with Crippen LogP contribution in [0.15, 0.2) is 5.10 Å². The highest BCUT2D eigenvalue weighted by atomic mass is 32.2. The number of hydrogen-bond acceptors (Lipinski definition) is 6. The van der Waals surface area contributed by atoms with Crippen molar-refractivity contribution in [2.24, 2.45) is 10.8 Å². The molecule has 0 saturated carbocycles. The summed E-state index contributed by atoms with van der Waals surface area (Å²) in [6, 6.07) is 0. The lowest BCUT2D eigenvalue weighted by Gasteiger charge is -2.24. The fraction of sp³-hybridized carbons (Fsp3) is 0.750. The molecule has 1 heterocycles. The average molecular weight is 351 g/mol. The van der Waals surface area contributed by atoms with Crippen molar-refractivity contribution in [3.63, 3.8) is 0 Å². The van der Waals surface area contributed by atoms with Crippen molar-refractivity contribution in [2.75, 3.05) is 18.1 Å². The molecular weight excluding hydrogens is 328 g/mol. The minimum Gasteiger partial charge on any atom is -0.444 e. The molecule has 1 fully saturated rings. The van der Waals surface area contributed by atoms with Gasteiger partial charge in [0.05, 0.1) is 16.8 Å². The van der Waals surface area contributed by atoms with E-state index in [0.717, 1.165) is 17.2 Å². The lowest BCUT2D eigenvalue weighted by Crippen LogP contribution is -2.39. The Kier molecular flexibility index (Phi) is 7.61. The number of carbonyl (C=O) groups is 1. The standard InChI is InChI=1S/C12H22N4O2S3/c1-12(2,3)18-11(17)14-7-8(15-16-10(13)19)9-20-5-4-6-21-9/h9H,4-7H2,1-3H3,(H,14,17)(H3,13,16,19). The normalized spacial score (nSPS) is 17.2. The predicted octanol–water partition coefficient (Wildman–Crippen LogP) is 1.90. The molecule has 0 aliphatic carbocycles. The van der Waals surface area contributed by atoms with E-state index in [1.165, 1.54) is 6.42 Å². The van der Waals surface area contributed by atoms with Crippen molar-refractivity contribution in [1.82, 2.24) is 10.7 Å². The molecule has 0 spiro atoms. The summed E-state index contributed by atoms with van der Waals surface area (Å²) in [5.41, 5.74) is 8.26. The van der Waals surface area contributed by atoms with Crippen molar-refractivity contribution in [3.8, 4) is 0 Å². The second kappa shape index (κ2) is 8.70. The number of rotatable bonds is 4. The van der Waals surface area contributed by atoms with Crippen LogP contribution in [0.25, 0.3) is 0 Å². The van der Waals surface area contributed by atoms with Gasteiger partial charge in [0.25, 0.3) is 0 Å². The van der Waals surface area contributed by atoms with Gasteiger partial charge in [-0.25, -0.2) is 4.79 Å². The highest BCUT2D eigenvalue weighted by molar-refractivity contribution is 8.18. The molecule has 1 aliphatic heterocycles. The first kappa shape index (κ1) is 18.4. The van der Waals surface area contributed by atoms with Gasteiger partial charge in [0.1, 0.15) is 5.60 Å². The van der Waals surface area contributed by atoms with Crippen LogP contribution in [0, 0.1) is 0 Å². The van der Waals surface area contributed by atoms with Crippen molar-refractivity contribution in [3.05, 3.63) is 0 Å². The molecule has 6 nitrogen and oxygen atoms in total. The fourth-order valence-electron chi connectivity index (χ4n) is 1.46. The van der Waals surface area contributed by atoms with Crippen molar-refractivity contribution < 1.29 is 9.53 Å². The molecule has 120 valence electrons. The maximum absolute atomic E-state index is 11.7. The van der Waals surface area contributed by atoms with E-state index >= 15 is 0 Å². The van der Waals surface area contributed by atoms with E-state index in [4.69, 9.17) is 22.7 Å². The summed E-state index contributed by atoms with van der Waals surface area (Å²) in [4.78, 5) is 11.7. The molecule has 1 aliphatic rings. The molecule has 21 heavy (non-hydrogen) atoms. The molecule has 4 N–H and O–H groups in total. The van der Waals surface area contributed by atoms with Crippen LogP contribution in [0.4, 0.5) is 4.79 Å². The molecule has 0 radical (unpaired) electrons. The van der Waals surface area contributed by atoms with Crippen LogP contribution in [0.2, 0.25) is 0 Å². The van der Waals surface area contributed by atoms with Crippen LogP contribution in [0.3, 0.4) is 0 Å². The van der Waals surface area contributed by atoms with Gasteiger partial charge in [-0.15, -0.1) is 23.5 Å². The number of hydrogen-bond donors (Lipinski definition) is 3. The minimum absolute atomic E-state index is 0.107. The van der Waals surface area contributed by atoms with Gasteiger partial charge in [0, 0.05) is 0 Å². The highest BCUT2D eigenvalue weighted by Crippen LogP contribution is 2.31. The van der Waals surface area contributed by atoms with Crippen molar-refractivity contribution in [1.29, 1.82) is 0 Å². The first-order valence-electron chi connectivity index (χ1n) is 6.60. The number of thioether (sulfide) groups is 2. The summed E-state index contributed by atoms with van der Waals surface area (Å²) < 4.78 is 5.40. The Morgan fingerprint density at radius 3 is 2.57 bits per heavy atom. The number of nitrogens with zero attached hydrogens (tertiary/aromatic N) is 1. The topological polar surface area (TPSA) is 88.7 Å². The molecule has 9 heteroatoms. The van der Waals surface area contributed by atoms with Gasteiger partial charge in [0.2, 0.25) is 0 Å². The summed E-state index contributed by atoms with van der Waals surface area (Å²) in [5.74, 6) is 2.16. The third-order valence-corrected chi connectivity index (χ3v) is 5.33. The molecule has 0 aromatic heterocycles. The van der Waals surface area contributed by atoms with Crippen molar-refractivity contribution in [2.45, 2.75) is 37.4 Å². The van der Waals surface area contributed by atoms with Gasteiger partial charge in [-0.3, -0.25) is 5.43 Å². The maximum Gasteiger partial charge on any atom is 0.407 e. The van der Waals surface area contributed by atoms with E-state index in [2.05, 4.69) is 15.8 Å². The Bertz CT molecular complexity index is 404. The molecule has 0 atom stereocenters. The van der Waals surface area contributed by atoms with Gasteiger partial charge in [-0.1, -0.05) is 0 Å². The number of nitrogens with one attached hydrogen (secondary N) is 2. The third-order valence-electron chi connectivity index (χ3n) is 2.22. The van der Waals surface area contributed by atoms with Crippen LogP contribution in [0.1, 0.15) is 27.2 Å². The van der Waals surface area contributed by atoms with Crippen LogP contribution < -0.4 is 16.5 Å². The van der Waals surface area contributed by atoms with E-state index < -0.39 is 11.7 Å². The zero-order valence-corrected chi connectivity index (χ0v) is 14.9. The Balaban J connectivity index is 2.58. The van der Waals surface area contributed by atoms with Crippen LogP contribution >= 0.6 is 35.7 Å². The van der Waals surface area contributed by atoms with E-state index in [0.29, 0.717) is 6.54 Å². The van der Waals surface area contributed by atoms with Gasteiger partial charge in [0.15, 0.2) is 5.11 Å². The Hall–Kier alpha value is -0.670. The number of hydrazone groups is 1.